The Hall–Kier alpha value is -1.24. The number of hydrogen-bond donors (Lipinski definition) is 1. The normalized spacial score (nSPS) is 10.9. The number of thioether (sulfide) groups is 1. The molecule has 1 aromatic rings. The minimum atomic E-state index is -0.848. The Morgan fingerprint density at radius 1 is 1.50 bits per heavy atom. The molecule has 0 radical (unpaired) electrons. The van der Waals surface area contributed by atoms with Crippen molar-refractivity contribution in [3.05, 3.63) is 0 Å². The third-order valence-corrected chi connectivity index (χ3v) is 3.39. The van der Waals surface area contributed by atoms with E-state index in [0.29, 0.717) is 11.1 Å². The molecule has 102 valence electrons. The highest BCUT2D eigenvalue weighted by Gasteiger charge is 2.16. The minimum Gasteiger partial charge on any atom is -0.481 e. The van der Waals surface area contributed by atoms with Gasteiger partial charge in [-0.3, -0.25) is 9.36 Å². The van der Waals surface area contributed by atoms with E-state index < -0.39 is 5.97 Å². The van der Waals surface area contributed by atoms with Crippen LogP contribution < -0.4 is 4.90 Å². The highest BCUT2D eigenvalue weighted by atomic mass is 32.2. The van der Waals surface area contributed by atoms with E-state index in [9.17, 15) is 4.79 Å². The maximum atomic E-state index is 10.5. The fourth-order valence-corrected chi connectivity index (χ4v) is 2.25. The molecule has 1 rings (SSSR count). The number of carboxylic acids is 1. The van der Waals surface area contributed by atoms with Crippen LogP contribution in [-0.4, -0.2) is 44.7 Å². The number of anilines is 1. The lowest BCUT2D eigenvalue weighted by Crippen LogP contribution is -2.29. The summed E-state index contributed by atoms with van der Waals surface area (Å²) in [4.78, 5) is 12.7. The van der Waals surface area contributed by atoms with Crippen LogP contribution in [0.2, 0.25) is 0 Å². The summed E-state index contributed by atoms with van der Waals surface area (Å²) in [7, 11) is 1.86. The van der Waals surface area contributed by atoms with Crippen LogP contribution in [0.3, 0.4) is 0 Å². The lowest BCUT2D eigenvalue weighted by atomic mass is 10.2. The Bertz CT molecular complexity index is 406. The number of carboxylic acid groups (broad SMARTS) is 1. The predicted octanol–water partition coefficient (Wildman–Crippen LogP) is 1.47. The molecule has 0 fully saturated rings. The first-order valence-corrected chi connectivity index (χ1v) is 6.93. The molecule has 0 aliphatic rings. The maximum Gasteiger partial charge on any atom is 0.313 e. The molecule has 0 saturated carbocycles. The Balaban J connectivity index is 2.80. The predicted molar refractivity (Wildman–Crippen MR) is 72.1 cm³/mol. The number of aromatic nitrogens is 3. The summed E-state index contributed by atoms with van der Waals surface area (Å²) in [5.41, 5.74) is 0. The Morgan fingerprint density at radius 2 is 2.17 bits per heavy atom. The van der Waals surface area contributed by atoms with Gasteiger partial charge in [0, 0.05) is 20.1 Å². The van der Waals surface area contributed by atoms with Gasteiger partial charge in [0.2, 0.25) is 5.95 Å². The fourth-order valence-electron chi connectivity index (χ4n) is 1.63. The molecule has 1 N–H and O–H groups in total. The van der Waals surface area contributed by atoms with Gasteiger partial charge < -0.3 is 10.0 Å². The number of rotatable bonds is 7. The first kappa shape index (κ1) is 14.8. The van der Waals surface area contributed by atoms with Gasteiger partial charge in [-0.15, -0.1) is 10.2 Å². The zero-order valence-corrected chi connectivity index (χ0v) is 12.1. The largest absolute Gasteiger partial charge is 0.481 e. The standard InChI is InChI=1S/C11H20N4O2S/c1-5-15(6-8(2)3)10-12-13-11(14(10)4)18-7-9(16)17/h8H,5-7H2,1-4H3,(H,16,17). The third-order valence-electron chi connectivity index (χ3n) is 2.39. The number of nitrogens with zero attached hydrogens (tertiary/aromatic N) is 4. The summed E-state index contributed by atoms with van der Waals surface area (Å²) in [6.45, 7) is 8.14. The molecule has 18 heavy (non-hydrogen) atoms. The highest BCUT2D eigenvalue weighted by Crippen LogP contribution is 2.20. The number of aliphatic carboxylic acids is 1. The number of hydrogen-bond acceptors (Lipinski definition) is 5. The molecule has 0 spiro atoms. The summed E-state index contributed by atoms with van der Waals surface area (Å²) in [5, 5.41) is 17.5. The summed E-state index contributed by atoms with van der Waals surface area (Å²) in [6, 6.07) is 0. The van der Waals surface area contributed by atoms with Crippen molar-refractivity contribution in [1.29, 1.82) is 0 Å². The lowest BCUT2D eigenvalue weighted by Gasteiger charge is -2.23. The molecule has 0 unspecified atom stereocenters. The summed E-state index contributed by atoms with van der Waals surface area (Å²) in [5.74, 6) is 0.484. The van der Waals surface area contributed by atoms with Gasteiger partial charge in [-0.1, -0.05) is 25.6 Å². The highest BCUT2D eigenvalue weighted by molar-refractivity contribution is 7.99. The van der Waals surface area contributed by atoms with Crippen molar-refractivity contribution < 1.29 is 9.90 Å². The molecule has 0 aromatic carbocycles. The van der Waals surface area contributed by atoms with Gasteiger partial charge in [-0.25, -0.2) is 0 Å². The lowest BCUT2D eigenvalue weighted by molar-refractivity contribution is -0.133. The number of carbonyl (C=O) groups is 1. The van der Waals surface area contributed by atoms with Crippen LogP contribution in [0.25, 0.3) is 0 Å². The molecule has 1 heterocycles. The molecule has 0 bridgehead atoms. The second kappa shape index (κ2) is 6.63. The third kappa shape index (κ3) is 3.90. The van der Waals surface area contributed by atoms with Gasteiger partial charge in [-0.05, 0) is 12.8 Å². The second-order valence-corrected chi connectivity index (χ2v) is 5.40. The van der Waals surface area contributed by atoms with Crippen molar-refractivity contribution in [2.24, 2.45) is 13.0 Å². The fraction of sp³-hybridized carbons (Fsp3) is 0.727. The van der Waals surface area contributed by atoms with Crippen molar-refractivity contribution in [2.75, 3.05) is 23.7 Å². The first-order valence-electron chi connectivity index (χ1n) is 5.94. The Morgan fingerprint density at radius 3 is 2.67 bits per heavy atom. The van der Waals surface area contributed by atoms with Crippen molar-refractivity contribution >= 4 is 23.7 Å². The zero-order chi connectivity index (χ0) is 13.7. The molecule has 1 aromatic heterocycles. The van der Waals surface area contributed by atoms with Crippen LogP contribution in [0.15, 0.2) is 5.16 Å². The van der Waals surface area contributed by atoms with E-state index in [1.807, 2.05) is 11.6 Å². The van der Waals surface area contributed by atoms with Crippen LogP contribution in [0.5, 0.6) is 0 Å². The first-order chi connectivity index (χ1) is 8.45. The Kier molecular flexibility index (Phi) is 5.46. The van der Waals surface area contributed by atoms with E-state index in [-0.39, 0.29) is 5.75 Å². The van der Waals surface area contributed by atoms with Crippen LogP contribution in [0.1, 0.15) is 20.8 Å². The molecule has 0 saturated heterocycles. The quantitative estimate of drug-likeness (QED) is 0.758. The molecule has 0 aliphatic heterocycles. The van der Waals surface area contributed by atoms with Gasteiger partial charge in [-0.2, -0.15) is 0 Å². The molecule has 7 heteroatoms. The molecule has 6 nitrogen and oxygen atoms in total. The van der Waals surface area contributed by atoms with Crippen LogP contribution in [0.4, 0.5) is 5.95 Å². The SMILES string of the molecule is CCN(CC(C)C)c1nnc(SCC(=O)O)n1C. The molecule has 0 atom stereocenters. The summed E-state index contributed by atoms with van der Waals surface area (Å²) >= 11 is 1.19. The van der Waals surface area contributed by atoms with Gasteiger partial charge in [0.05, 0.1) is 5.75 Å². The zero-order valence-electron chi connectivity index (χ0n) is 11.3. The summed E-state index contributed by atoms with van der Waals surface area (Å²) < 4.78 is 1.85. The molecular formula is C11H20N4O2S. The van der Waals surface area contributed by atoms with Gasteiger partial charge in [0.15, 0.2) is 5.16 Å². The van der Waals surface area contributed by atoms with E-state index in [4.69, 9.17) is 5.11 Å². The van der Waals surface area contributed by atoms with Crippen molar-refractivity contribution in [3.63, 3.8) is 0 Å². The van der Waals surface area contributed by atoms with E-state index in [0.717, 1.165) is 19.0 Å². The van der Waals surface area contributed by atoms with E-state index >= 15 is 0 Å². The van der Waals surface area contributed by atoms with E-state index in [2.05, 4.69) is 35.9 Å². The van der Waals surface area contributed by atoms with Gasteiger partial charge in [0.25, 0.3) is 0 Å². The minimum absolute atomic E-state index is 0.00226. The molecule has 0 amide bonds. The van der Waals surface area contributed by atoms with Gasteiger partial charge >= 0.3 is 5.97 Å². The van der Waals surface area contributed by atoms with Crippen molar-refractivity contribution in [1.82, 2.24) is 14.8 Å². The van der Waals surface area contributed by atoms with E-state index in [1.165, 1.54) is 11.8 Å². The average molecular weight is 272 g/mol. The van der Waals surface area contributed by atoms with Crippen LogP contribution in [0, 0.1) is 5.92 Å². The summed E-state index contributed by atoms with van der Waals surface area (Å²) in [6.07, 6.45) is 0. The van der Waals surface area contributed by atoms with Gasteiger partial charge in [0.1, 0.15) is 0 Å². The second-order valence-electron chi connectivity index (χ2n) is 4.46. The molecule has 0 aliphatic carbocycles. The van der Waals surface area contributed by atoms with Crippen LogP contribution in [-0.2, 0) is 11.8 Å². The Labute approximate surface area is 111 Å². The monoisotopic (exact) mass is 272 g/mol. The topological polar surface area (TPSA) is 71.2 Å². The van der Waals surface area contributed by atoms with E-state index in [1.54, 1.807) is 0 Å². The average Bonchev–Trinajstić information content (AvgIpc) is 2.64. The van der Waals surface area contributed by atoms with Crippen LogP contribution >= 0.6 is 11.8 Å². The molecular weight excluding hydrogens is 252 g/mol. The smallest absolute Gasteiger partial charge is 0.313 e. The van der Waals surface area contributed by atoms with Crippen molar-refractivity contribution in [2.45, 2.75) is 25.9 Å². The van der Waals surface area contributed by atoms with Crippen molar-refractivity contribution in [3.8, 4) is 0 Å². The maximum absolute atomic E-state index is 10.5.